The second-order valence-corrected chi connectivity index (χ2v) is 4.81. The molecule has 0 aliphatic rings. The van der Waals surface area contributed by atoms with E-state index in [9.17, 15) is 4.79 Å². The first-order valence-electron chi connectivity index (χ1n) is 6.58. The maximum Gasteiger partial charge on any atom is 0.297 e. The molecule has 0 bridgehead atoms. The summed E-state index contributed by atoms with van der Waals surface area (Å²) in [5.74, 6) is 0. The van der Waals surface area contributed by atoms with E-state index in [0.29, 0.717) is 23.2 Å². The van der Waals surface area contributed by atoms with E-state index < -0.39 is 0 Å². The zero-order valence-electron chi connectivity index (χ0n) is 11.1. The number of furan rings is 1. The summed E-state index contributed by atoms with van der Waals surface area (Å²) in [7, 11) is 0. The van der Waals surface area contributed by atoms with E-state index in [-0.39, 0.29) is 5.56 Å². The molecule has 0 amide bonds. The quantitative estimate of drug-likeness (QED) is 0.565. The number of rotatable bonds is 2. The van der Waals surface area contributed by atoms with Gasteiger partial charge in [0.25, 0.3) is 5.56 Å². The minimum atomic E-state index is -0.181. The van der Waals surface area contributed by atoms with Crippen molar-refractivity contribution in [2.24, 2.45) is 0 Å². The van der Waals surface area contributed by atoms with Crippen LogP contribution in [0.3, 0.4) is 0 Å². The summed E-state index contributed by atoms with van der Waals surface area (Å²) in [6.45, 7) is 0.423. The highest BCUT2D eigenvalue weighted by molar-refractivity contribution is 6.01. The van der Waals surface area contributed by atoms with Crippen LogP contribution in [0.2, 0.25) is 0 Å². The van der Waals surface area contributed by atoms with Gasteiger partial charge in [-0.25, -0.2) is 4.98 Å². The predicted octanol–water partition coefficient (Wildman–Crippen LogP) is 2.59. The zero-order chi connectivity index (χ0) is 14.2. The highest BCUT2D eigenvalue weighted by Gasteiger charge is 2.12. The molecule has 0 unspecified atom stereocenters. The Bertz CT molecular complexity index is 987. The van der Waals surface area contributed by atoms with Crippen LogP contribution in [-0.2, 0) is 6.54 Å². The molecule has 3 aromatic heterocycles. The second-order valence-electron chi connectivity index (χ2n) is 4.81. The Morgan fingerprint density at radius 1 is 1.14 bits per heavy atom. The zero-order valence-corrected chi connectivity index (χ0v) is 11.1. The number of hydrogen-bond acceptors (Lipinski definition) is 4. The van der Waals surface area contributed by atoms with Gasteiger partial charge >= 0.3 is 0 Å². The van der Waals surface area contributed by atoms with Gasteiger partial charge in [0.2, 0.25) is 5.58 Å². The molecule has 102 valence electrons. The number of pyridine rings is 1. The number of aromatic nitrogens is 3. The third-order valence-electron chi connectivity index (χ3n) is 3.43. The van der Waals surface area contributed by atoms with Crippen LogP contribution < -0.4 is 5.56 Å². The van der Waals surface area contributed by atoms with E-state index in [1.165, 1.54) is 4.57 Å². The molecule has 0 spiro atoms. The Morgan fingerprint density at radius 2 is 2.05 bits per heavy atom. The summed E-state index contributed by atoms with van der Waals surface area (Å²) in [5.41, 5.74) is 2.34. The van der Waals surface area contributed by atoms with Crippen molar-refractivity contribution in [3.05, 3.63) is 71.0 Å². The van der Waals surface area contributed by atoms with Crippen molar-refractivity contribution < 1.29 is 4.42 Å². The van der Waals surface area contributed by atoms with Crippen molar-refractivity contribution in [2.45, 2.75) is 6.54 Å². The topological polar surface area (TPSA) is 60.9 Å². The average molecular weight is 277 g/mol. The molecule has 3 heterocycles. The molecule has 4 rings (SSSR count). The van der Waals surface area contributed by atoms with Crippen molar-refractivity contribution in [3.63, 3.8) is 0 Å². The van der Waals surface area contributed by atoms with Crippen molar-refractivity contribution in [2.75, 3.05) is 0 Å². The third kappa shape index (κ3) is 1.90. The van der Waals surface area contributed by atoms with Gasteiger partial charge in [-0.3, -0.25) is 14.3 Å². The minimum absolute atomic E-state index is 0.181. The lowest BCUT2D eigenvalue weighted by atomic mass is 10.2. The summed E-state index contributed by atoms with van der Waals surface area (Å²) in [5, 5.41) is 0.859. The summed E-state index contributed by atoms with van der Waals surface area (Å²) in [6.07, 6.45) is 4.99. The van der Waals surface area contributed by atoms with E-state index in [4.69, 9.17) is 4.42 Å². The number of para-hydroxylation sites is 1. The number of nitrogens with zero attached hydrogens (tertiary/aromatic N) is 3. The average Bonchev–Trinajstić information content (AvgIpc) is 2.91. The Kier molecular flexibility index (Phi) is 2.57. The highest BCUT2D eigenvalue weighted by atomic mass is 16.3. The van der Waals surface area contributed by atoms with Crippen LogP contribution in [0.25, 0.3) is 22.1 Å². The van der Waals surface area contributed by atoms with Crippen LogP contribution in [0, 0.1) is 0 Å². The molecule has 5 heteroatoms. The van der Waals surface area contributed by atoms with Gasteiger partial charge in [0.05, 0.1) is 12.9 Å². The van der Waals surface area contributed by atoms with Crippen molar-refractivity contribution >= 4 is 22.1 Å². The van der Waals surface area contributed by atoms with Gasteiger partial charge in [0.15, 0.2) is 0 Å². The van der Waals surface area contributed by atoms with Crippen molar-refractivity contribution in [3.8, 4) is 0 Å². The van der Waals surface area contributed by atoms with Crippen LogP contribution >= 0.6 is 0 Å². The van der Waals surface area contributed by atoms with Crippen LogP contribution in [0.1, 0.15) is 5.56 Å². The van der Waals surface area contributed by atoms with Gasteiger partial charge in [-0.15, -0.1) is 0 Å². The SMILES string of the molecule is O=c1c2oc3ccccc3c2ncn1Cc1cccnc1. The van der Waals surface area contributed by atoms with E-state index >= 15 is 0 Å². The van der Waals surface area contributed by atoms with Gasteiger partial charge in [-0.05, 0) is 23.8 Å². The maximum atomic E-state index is 12.5. The Balaban J connectivity index is 1.90. The smallest absolute Gasteiger partial charge is 0.297 e. The summed E-state index contributed by atoms with van der Waals surface area (Å²) >= 11 is 0. The lowest BCUT2D eigenvalue weighted by molar-refractivity contribution is 0.642. The number of benzene rings is 1. The van der Waals surface area contributed by atoms with Crippen LogP contribution in [0.4, 0.5) is 0 Å². The molecule has 0 fully saturated rings. The van der Waals surface area contributed by atoms with Gasteiger partial charge in [0, 0.05) is 17.8 Å². The van der Waals surface area contributed by atoms with E-state index in [0.717, 1.165) is 10.9 Å². The van der Waals surface area contributed by atoms with Gasteiger partial charge in [-0.2, -0.15) is 0 Å². The molecule has 0 saturated carbocycles. The molecule has 0 radical (unpaired) electrons. The standard InChI is InChI=1S/C16H11N3O2/c20-16-15-14(12-5-1-2-6-13(12)21-15)18-10-19(16)9-11-4-3-7-17-8-11/h1-8,10H,9H2. The molecular formula is C16H11N3O2. The molecule has 21 heavy (non-hydrogen) atoms. The molecule has 1 aromatic carbocycles. The fourth-order valence-electron chi connectivity index (χ4n) is 2.42. The predicted molar refractivity (Wildman–Crippen MR) is 79.1 cm³/mol. The molecule has 0 atom stereocenters. The fraction of sp³-hybridized carbons (Fsp3) is 0.0625. The van der Waals surface area contributed by atoms with Crippen LogP contribution in [-0.4, -0.2) is 14.5 Å². The van der Waals surface area contributed by atoms with Crippen LogP contribution in [0.15, 0.2) is 64.3 Å². The second kappa shape index (κ2) is 4.56. The van der Waals surface area contributed by atoms with Crippen molar-refractivity contribution in [1.82, 2.24) is 14.5 Å². The van der Waals surface area contributed by atoms with E-state index in [1.807, 2.05) is 36.4 Å². The normalized spacial score (nSPS) is 11.2. The fourth-order valence-corrected chi connectivity index (χ4v) is 2.42. The molecule has 5 nitrogen and oxygen atoms in total. The molecule has 0 saturated heterocycles. The first kappa shape index (κ1) is 11.8. The lowest BCUT2D eigenvalue weighted by Gasteiger charge is -2.03. The molecule has 0 N–H and O–H groups in total. The van der Waals surface area contributed by atoms with Crippen LogP contribution in [0.5, 0.6) is 0 Å². The summed E-state index contributed by atoms with van der Waals surface area (Å²) < 4.78 is 7.18. The monoisotopic (exact) mass is 277 g/mol. The van der Waals surface area contributed by atoms with E-state index in [1.54, 1.807) is 18.7 Å². The first-order chi connectivity index (χ1) is 10.3. The van der Waals surface area contributed by atoms with Crippen molar-refractivity contribution in [1.29, 1.82) is 0 Å². The first-order valence-corrected chi connectivity index (χ1v) is 6.58. The Morgan fingerprint density at radius 3 is 2.90 bits per heavy atom. The largest absolute Gasteiger partial charge is 0.448 e. The molecule has 4 aromatic rings. The Hall–Kier alpha value is -2.95. The lowest BCUT2D eigenvalue weighted by Crippen LogP contribution is -2.20. The number of hydrogen-bond donors (Lipinski definition) is 0. The summed E-state index contributed by atoms with van der Waals surface area (Å²) in [4.78, 5) is 20.9. The maximum absolute atomic E-state index is 12.5. The third-order valence-corrected chi connectivity index (χ3v) is 3.43. The summed E-state index contributed by atoms with van der Waals surface area (Å²) in [6, 6.07) is 11.3. The highest BCUT2D eigenvalue weighted by Crippen LogP contribution is 2.24. The van der Waals surface area contributed by atoms with Gasteiger partial charge < -0.3 is 4.42 Å². The Labute approximate surface area is 119 Å². The van der Waals surface area contributed by atoms with Gasteiger partial charge in [-0.1, -0.05) is 18.2 Å². The van der Waals surface area contributed by atoms with E-state index in [2.05, 4.69) is 9.97 Å². The molecule has 0 aliphatic heterocycles. The minimum Gasteiger partial charge on any atom is -0.448 e. The van der Waals surface area contributed by atoms with Gasteiger partial charge in [0.1, 0.15) is 11.1 Å². The molecule has 0 aliphatic carbocycles. The molecular weight excluding hydrogens is 266 g/mol. The number of fused-ring (bicyclic) bond motifs is 3.